The molecule has 0 aliphatic heterocycles. The van der Waals surface area contributed by atoms with Crippen LogP contribution in [0.2, 0.25) is 0 Å². The molecule has 0 aliphatic rings. The normalized spacial score (nSPS) is 14.8. The van der Waals surface area contributed by atoms with Crippen LogP contribution in [0.5, 0.6) is 0 Å². The average molecular weight is 176 g/mol. The van der Waals surface area contributed by atoms with Gasteiger partial charge in [-0.1, -0.05) is 0 Å². The number of nitrogens with zero attached hydrogens (tertiary/aromatic N) is 3. The Hall–Kier alpha value is -1.04. The van der Waals surface area contributed by atoms with Crippen LogP contribution in [0.4, 0.5) is 8.78 Å². The van der Waals surface area contributed by atoms with Crippen molar-refractivity contribution in [3.63, 3.8) is 0 Å². The van der Waals surface area contributed by atoms with Crippen molar-refractivity contribution in [1.82, 2.24) is 15.0 Å². The van der Waals surface area contributed by atoms with E-state index in [0.717, 1.165) is 6.92 Å². The van der Waals surface area contributed by atoms with E-state index in [1.54, 1.807) is 7.05 Å². The lowest BCUT2D eigenvalue weighted by molar-refractivity contribution is -0.00758. The van der Waals surface area contributed by atoms with E-state index in [-0.39, 0.29) is 5.69 Å². The van der Waals surface area contributed by atoms with E-state index in [9.17, 15) is 8.78 Å². The van der Waals surface area contributed by atoms with Crippen molar-refractivity contribution in [2.24, 2.45) is 12.8 Å². The maximum atomic E-state index is 12.6. The molecule has 1 aromatic rings. The lowest BCUT2D eigenvalue weighted by Crippen LogP contribution is -2.30. The molecule has 2 N–H and O–H groups in total. The highest BCUT2D eigenvalue weighted by atomic mass is 19.3. The van der Waals surface area contributed by atoms with Crippen molar-refractivity contribution in [3.05, 3.63) is 11.9 Å². The van der Waals surface area contributed by atoms with Gasteiger partial charge in [0.25, 0.3) is 5.92 Å². The Morgan fingerprint density at radius 2 is 2.25 bits per heavy atom. The fraction of sp³-hybridized carbons (Fsp3) is 0.667. The second-order valence-corrected chi connectivity index (χ2v) is 2.69. The van der Waals surface area contributed by atoms with Crippen LogP contribution in [0.3, 0.4) is 0 Å². The van der Waals surface area contributed by atoms with Gasteiger partial charge in [-0.05, 0) is 0 Å². The summed E-state index contributed by atoms with van der Waals surface area (Å²) in [6, 6.07) is -1.38. The largest absolute Gasteiger partial charge is 0.318 e. The summed E-state index contributed by atoms with van der Waals surface area (Å²) in [5.74, 6) is -2.96. The number of rotatable bonds is 2. The van der Waals surface area contributed by atoms with Crippen molar-refractivity contribution in [3.8, 4) is 0 Å². The molecule has 4 nitrogen and oxygen atoms in total. The minimum atomic E-state index is -2.96. The Bertz CT molecular complexity index is 265. The first-order valence-corrected chi connectivity index (χ1v) is 3.41. The summed E-state index contributed by atoms with van der Waals surface area (Å²) < 4.78 is 25.2. The van der Waals surface area contributed by atoms with Crippen LogP contribution in [0.25, 0.3) is 0 Å². The number of hydrogen-bond donors (Lipinski definition) is 1. The van der Waals surface area contributed by atoms with Crippen LogP contribution in [0.15, 0.2) is 6.20 Å². The summed E-state index contributed by atoms with van der Waals surface area (Å²) in [6.07, 6.45) is 1.24. The van der Waals surface area contributed by atoms with Crippen LogP contribution in [0, 0.1) is 0 Å². The van der Waals surface area contributed by atoms with E-state index in [1.807, 2.05) is 0 Å². The highest BCUT2D eigenvalue weighted by Crippen LogP contribution is 2.26. The Morgan fingerprint density at radius 3 is 2.58 bits per heavy atom. The van der Waals surface area contributed by atoms with Crippen molar-refractivity contribution < 1.29 is 8.78 Å². The van der Waals surface area contributed by atoms with Gasteiger partial charge in [0.1, 0.15) is 11.7 Å². The molecule has 0 aliphatic carbocycles. The molecule has 6 heteroatoms. The molecule has 0 amide bonds. The Kier molecular flexibility index (Phi) is 2.10. The second-order valence-electron chi connectivity index (χ2n) is 2.69. The van der Waals surface area contributed by atoms with Gasteiger partial charge in [0.05, 0.1) is 6.20 Å². The summed E-state index contributed by atoms with van der Waals surface area (Å²) in [7, 11) is 1.55. The summed E-state index contributed by atoms with van der Waals surface area (Å²) in [4.78, 5) is 1.20. The van der Waals surface area contributed by atoms with E-state index < -0.39 is 12.0 Å². The fourth-order valence-electron chi connectivity index (χ4n) is 0.764. The van der Waals surface area contributed by atoms with Gasteiger partial charge < -0.3 is 5.73 Å². The summed E-state index contributed by atoms with van der Waals surface area (Å²) in [6.45, 7) is 0.756. The first kappa shape index (κ1) is 9.05. The molecule has 0 radical (unpaired) electrons. The van der Waals surface area contributed by atoms with Crippen LogP contribution < -0.4 is 5.73 Å². The molecule has 0 fully saturated rings. The van der Waals surface area contributed by atoms with Crippen LogP contribution in [-0.2, 0) is 7.05 Å². The standard InChI is InChI=1S/C6H10F2N4/c1-6(7,8)5(9)4-3-10-12(2)11-4/h3,5H,9H2,1-2H3. The Balaban J connectivity index is 2.85. The third-order valence-electron chi connectivity index (χ3n) is 1.48. The third-order valence-corrected chi connectivity index (χ3v) is 1.48. The van der Waals surface area contributed by atoms with Crippen molar-refractivity contribution >= 4 is 0 Å². The number of aryl methyl sites for hydroxylation is 1. The minimum absolute atomic E-state index is 0.102. The summed E-state index contributed by atoms with van der Waals surface area (Å²) in [5.41, 5.74) is 5.32. The lowest BCUT2D eigenvalue weighted by atomic mass is 10.1. The molecule has 0 spiro atoms. The molecule has 68 valence electrons. The topological polar surface area (TPSA) is 56.7 Å². The Morgan fingerprint density at radius 1 is 1.67 bits per heavy atom. The molecule has 12 heavy (non-hydrogen) atoms. The predicted octanol–water partition coefficient (Wildman–Crippen LogP) is 0.470. The molecule has 0 bridgehead atoms. The average Bonchev–Trinajstić information content (AvgIpc) is 2.32. The molecule has 1 atom stereocenters. The molecular weight excluding hydrogens is 166 g/mol. The predicted molar refractivity (Wildman–Crippen MR) is 38.6 cm³/mol. The zero-order chi connectivity index (χ0) is 9.35. The van der Waals surface area contributed by atoms with Gasteiger partial charge in [-0.25, -0.2) is 8.78 Å². The van der Waals surface area contributed by atoms with Crippen LogP contribution in [0.1, 0.15) is 18.7 Å². The van der Waals surface area contributed by atoms with Gasteiger partial charge in [-0.2, -0.15) is 15.0 Å². The van der Waals surface area contributed by atoms with Gasteiger partial charge in [0, 0.05) is 14.0 Å². The zero-order valence-electron chi connectivity index (χ0n) is 6.83. The van der Waals surface area contributed by atoms with Crippen molar-refractivity contribution in [1.29, 1.82) is 0 Å². The third kappa shape index (κ3) is 1.76. The number of nitrogens with two attached hydrogens (primary N) is 1. The monoisotopic (exact) mass is 176 g/mol. The zero-order valence-corrected chi connectivity index (χ0v) is 6.83. The van der Waals surface area contributed by atoms with E-state index in [1.165, 1.54) is 11.0 Å². The van der Waals surface area contributed by atoms with Crippen LogP contribution >= 0.6 is 0 Å². The van der Waals surface area contributed by atoms with Gasteiger partial charge in [-0.15, -0.1) is 0 Å². The molecule has 0 aromatic carbocycles. The van der Waals surface area contributed by atoms with Gasteiger partial charge in [0.15, 0.2) is 0 Å². The van der Waals surface area contributed by atoms with Crippen molar-refractivity contribution in [2.45, 2.75) is 18.9 Å². The SMILES string of the molecule is Cn1ncc(C(N)C(C)(F)F)n1. The molecule has 1 rings (SSSR count). The maximum Gasteiger partial charge on any atom is 0.265 e. The van der Waals surface area contributed by atoms with E-state index in [0.29, 0.717) is 0 Å². The minimum Gasteiger partial charge on any atom is -0.318 e. The Labute approximate surface area is 68.4 Å². The number of halogens is 2. The van der Waals surface area contributed by atoms with E-state index in [2.05, 4.69) is 10.2 Å². The highest BCUT2D eigenvalue weighted by molar-refractivity contribution is 5.03. The quantitative estimate of drug-likeness (QED) is 0.712. The molecular formula is C6H10F2N4. The lowest BCUT2D eigenvalue weighted by Gasteiger charge is -2.15. The first-order chi connectivity index (χ1) is 5.41. The molecule has 1 heterocycles. The molecule has 1 aromatic heterocycles. The number of aromatic nitrogens is 3. The maximum absolute atomic E-state index is 12.6. The second kappa shape index (κ2) is 2.78. The highest BCUT2D eigenvalue weighted by Gasteiger charge is 2.33. The smallest absolute Gasteiger partial charge is 0.265 e. The molecule has 0 saturated carbocycles. The van der Waals surface area contributed by atoms with E-state index in [4.69, 9.17) is 5.73 Å². The number of hydrogen-bond acceptors (Lipinski definition) is 3. The van der Waals surface area contributed by atoms with Crippen molar-refractivity contribution in [2.75, 3.05) is 0 Å². The van der Waals surface area contributed by atoms with Gasteiger partial charge >= 0.3 is 0 Å². The molecule has 0 saturated heterocycles. The van der Waals surface area contributed by atoms with Gasteiger partial charge in [-0.3, -0.25) is 0 Å². The van der Waals surface area contributed by atoms with Gasteiger partial charge in [0.2, 0.25) is 0 Å². The summed E-state index contributed by atoms with van der Waals surface area (Å²) in [5, 5.41) is 7.32. The van der Waals surface area contributed by atoms with Crippen LogP contribution in [-0.4, -0.2) is 20.9 Å². The van der Waals surface area contributed by atoms with E-state index >= 15 is 0 Å². The molecule has 1 unspecified atom stereocenters. The first-order valence-electron chi connectivity index (χ1n) is 3.41. The number of alkyl halides is 2. The fourth-order valence-corrected chi connectivity index (χ4v) is 0.764. The summed E-state index contributed by atoms with van der Waals surface area (Å²) >= 11 is 0.